The van der Waals surface area contributed by atoms with Gasteiger partial charge in [0.25, 0.3) is 0 Å². The summed E-state index contributed by atoms with van der Waals surface area (Å²) >= 11 is 5.03. The number of halogens is 1. The molecule has 4 heteroatoms. The van der Waals surface area contributed by atoms with Crippen LogP contribution in [-0.4, -0.2) is 6.61 Å². The number of hydrogen-bond acceptors (Lipinski definition) is 3. The van der Waals surface area contributed by atoms with E-state index in [2.05, 4.69) is 15.9 Å². The SMILES string of the molecule is NC(COc1ccc(Br)cc1)c1cccs1. The van der Waals surface area contributed by atoms with Gasteiger partial charge in [0.05, 0.1) is 6.04 Å². The van der Waals surface area contributed by atoms with Crippen molar-refractivity contribution in [1.29, 1.82) is 0 Å². The van der Waals surface area contributed by atoms with Crippen LogP contribution in [-0.2, 0) is 0 Å². The van der Waals surface area contributed by atoms with Gasteiger partial charge in [-0.15, -0.1) is 11.3 Å². The molecule has 0 radical (unpaired) electrons. The third kappa shape index (κ3) is 3.07. The molecular weight excluding hydrogens is 286 g/mol. The summed E-state index contributed by atoms with van der Waals surface area (Å²) in [6.45, 7) is 0.502. The van der Waals surface area contributed by atoms with Gasteiger partial charge in [0, 0.05) is 9.35 Å². The Kier molecular flexibility index (Phi) is 3.98. The van der Waals surface area contributed by atoms with Crippen molar-refractivity contribution >= 4 is 27.3 Å². The second-order valence-electron chi connectivity index (χ2n) is 3.39. The molecule has 2 rings (SSSR count). The lowest BCUT2D eigenvalue weighted by molar-refractivity contribution is 0.292. The number of benzene rings is 1. The van der Waals surface area contributed by atoms with E-state index < -0.39 is 0 Å². The second kappa shape index (κ2) is 5.48. The quantitative estimate of drug-likeness (QED) is 0.936. The minimum Gasteiger partial charge on any atom is -0.492 e. The molecule has 0 saturated heterocycles. The molecule has 2 aromatic rings. The Morgan fingerprint density at radius 3 is 2.62 bits per heavy atom. The highest BCUT2D eigenvalue weighted by atomic mass is 79.9. The predicted molar refractivity (Wildman–Crippen MR) is 70.9 cm³/mol. The van der Waals surface area contributed by atoms with Gasteiger partial charge in [-0.05, 0) is 35.7 Å². The minimum atomic E-state index is -0.0522. The lowest BCUT2D eigenvalue weighted by Gasteiger charge is -2.11. The van der Waals surface area contributed by atoms with E-state index in [-0.39, 0.29) is 6.04 Å². The van der Waals surface area contributed by atoms with Gasteiger partial charge in [0.15, 0.2) is 0 Å². The summed E-state index contributed by atoms with van der Waals surface area (Å²) in [5.41, 5.74) is 5.99. The number of rotatable bonds is 4. The maximum atomic E-state index is 5.99. The summed E-state index contributed by atoms with van der Waals surface area (Å²) in [4.78, 5) is 1.15. The summed E-state index contributed by atoms with van der Waals surface area (Å²) in [5.74, 6) is 0.843. The van der Waals surface area contributed by atoms with Crippen LogP contribution in [0.2, 0.25) is 0 Å². The zero-order chi connectivity index (χ0) is 11.4. The normalized spacial score (nSPS) is 12.4. The fourth-order valence-corrected chi connectivity index (χ4v) is 2.28. The van der Waals surface area contributed by atoms with E-state index in [1.54, 1.807) is 11.3 Å². The smallest absolute Gasteiger partial charge is 0.119 e. The van der Waals surface area contributed by atoms with Crippen molar-refractivity contribution in [2.45, 2.75) is 6.04 Å². The zero-order valence-corrected chi connectivity index (χ0v) is 11.0. The van der Waals surface area contributed by atoms with E-state index in [0.717, 1.165) is 15.1 Å². The van der Waals surface area contributed by atoms with Gasteiger partial charge in [0.1, 0.15) is 12.4 Å². The molecule has 1 aromatic heterocycles. The topological polar surface area (TPSA) is 35.2 Å². The third-order valence-electron chi connectivity index (χ3n) is 2.15. The van der Waals surface area contributed by atoms with Crippen LogP contribution in [0.25, 0.3) is 0 Å². The second-order valence-corrected chi connectivity index (χ2v) is 5.28. The van der Waals surface area contributed by atoms with Gasteiger partial charge in [0.2, 0.25) is 0 Å². The molecule has 0 amide bonds. The first-order chi connectivity index (χ1) is 7.75. The van der Waals surface area contributed by atoms with Crippen LogP contribution in [0.1, 0.15) is 10.9 Å². The largest absolute Gasteiger partial charge is 0.492 e. The Morgan fingerprint density at radius 2 is 2.00 bits per heavy atom. The molecule has 0 aliphatic heterocycles. The Hall–Kier alpha value is -0.840. The zero-order valence-electron chi connectivity index (χ0n) is 8.60. The standard InChI is InChI=1S/C12H12BrNOS/c13-9-3-5-10(6-4-9)15-8-11(14)12-2-1-7-16-12/h1-7,11H,8,14H2. The fourth-order valence-electron chi connectivity index (χ4n) is 1.30. The van der Waals surface area contributed by atoms with Crippen LogP contribution in [0.5, 0.6) is 5.75 Å². The first-order valence-corrected chi connectivity index (χ1v) is 6.60. The molecular formula is C12H12BrNOS. The van der Waals surface area contributed by atoms with Gasteiger partial charge in [-0.1, -0.05) is 22.0 Å². The van der Waals surface area contributed by atoms with E-state index in [0.29, 0.717) is 6.61 Å². The van der Waals surface area contributed by atoms with Crippen molar-refractivity contribution in [2.75, 3.05) is 6.61 Å². The van der Waals surface area contributed by atoms with Crippen LogP contribution in [0, 0.1) is 0 Å². The van der Waals surface area contributed by atoms with E-state index in [1.165, 1.54) is 0 Å². The molecule has 1 unspecified atom stereocenters. The number of nitrogens with two attached hydrogens (primary N) is 1. The molecule has 0 spiro atoms. The van der Waals surface area contributed by atoms with Gasteiger partial charge >= 0.3 is 0 Å². The van der Waals surface area contributed by atoms with Gasteiger partial charge in [-0.2, -0.15) is 0 Å². The molecule has 1 atom stereocenters. The van der Waals surface area contributed by atoms with Crippen LogP contribution in [0.4, 0.5) is 0 Å². The van der Waals surface area contributed by atoms with Crippen molar-refractivity contribution in [1.82, 2.24) is 0 Å². The van der Waals surface area contributed by atoms with Crippen LogP contribution in [0.15, 0.2) is 46.3 Å². The van der Waals surface area contributed by atoms with E-state index in [9.17, 15) is 0 Å². The van der Waals surface area contributed by atoms with Crippen LogP contribution < -0.4 is 10.5 Å². The highest BCUT2D eigenvalue weighted by molar-refractivity contribution is 9.10. The monoisotopic (exact) mass is 297 g/mol. The summed E-state index contributed by atoms with van der Waals surface area (Å²) in [6, 6.07) is 11.7. The third-order valence-corrected chi connectivity index (χ3v) is 3.68. The molecule has 1 aromatic carbocycles. The molecule has 16 heavy (non-hydrogen) atoms. The van der Waals surface area contributed by atoms with Gasteiger partial charge in [-0.25, -0.2) is 0 Å². The molecule has 0 aliphatic rings. The van der Waals surface area contributed by atoms with E-state index >= 15 is 0 Å². The molecule has 84 valence electrons. The van der Waals surface area contributed by atoms with Crippen molar-refractivity contribution in [2.24, 2.45) is 5.73 Å². The summed E-state index contributed by atoms with van der Waals surface area (Å²) in [5, 5.41) is 2.02. The van der Waals surface area contributed by atoms with Crippen molar-refractivity contribution in [3.8, 4) is 5.75 Å². The molecule has 2 nitrogen and oxygen atoms in total. The summed E-state index contributed by atoms with van der Waals surface area (Å²) < 4.78 is 6.65. The molecule has 0 aliphatic carbocycles. The Morgan fingerprint density at radius 1 is 1.25 bits per heavy atom. The molecule has 0 saturated carbocycles. The highest BCUT2D eigenvalue weighted by Gasteiger charge is 2.07. The van der Waals surface area contributed by atoms with Gasteiger partial charge < -0.3 is 10.5 Å². The Bertz CT molecular complexity index is 427. The number of ether oxygens (including phenoxy) is 1. The first-order valence-electron chi connectivity index (χ1n) is 4.93. The lowest BCUT2D eigenvalue weighted by atomic mass is 10.3. The average Bonchev–Trinajstić information content (AvgIpc) is 2.81. The summed E-state index contributed by atoms with van der Waals surface area (Å²) in [6.07, 6.45) is 0. The van der Waals surface area contributed by atoms with Crippen molar-refractivity contribution in [3.63, 3.8) is 0 Å². The molecule has 0 bridgehead atoms. The fraction of sp³-hybridized carbons (Fsp3) is 0.167. The highest BCUT2D eigenvalue weighted by Crippen LogP contribution is 2.20. The van der Waals surface area contributed by atoms with Crippen LogP contribution >= 0.6 is 27.3 Å². The minimum absolute atomic E-state index is 0.0522. The molecule has 2 N–H and O–H groups in total. The van der Waals surface area contributed by atoms with Crippen LogP contribution in [0.3, 0.4) is 0 Å². The van der Waals surface area contributed by atoms with Crippen molar-refractivity contribution < 1.29 is 4.74 Å². The molecule has 1 heterocycles. The number of hydrogen-bond donors (Lipinski definition) is 1. The van der Waals surface area contributed by atoms with E-state index in [4.69, 9.17) is 10.5 Å². The maximum absolute atomic E-state index is 5.99. The maximum Gasteiger partial charge on any atom is 0.119 e. The van der Waals surface area contributed by atoms with Gasteiger partial charge in [-0.3, -0.25) is 0 Å². The van der Waals surface area contributed by atoms with Crippen molar-refractivity contribution in [3.05, 3.63) is 51.1 Å². The first kappa shape index (κ1) is 11.6. The Balaban J connectivity index is 1.90. The van der Waals surface area contributed by atoms with E-state index in [1.807, 2.05) is 41.8 Å². The molecule has 0 fully saturated rings. The predicted octanol–water partition coefficient (Wildman–Crippen LogP) is 3.59. The summed E-state index contributed by atoms with van der Waals surface area (Å²) in [7, 11) is 0. The number of thiophene rings is 1. The average molecular weight is 298 g/mol. The Labute approximate surface area is 107 Å². The lowest BCUT2D eigenvalue weighted by Crippen LogP contribution is -2.17.